The van der Waals surface area contributed by atoms with E-state index < -0.39 is 6.04 Å². The Hall–Kier alpha value is -1.79. The third-order valence-corrected chi connectivity index (χ3v) is 3.60. The number of carbonyl (C=O) groups excluding carboxylic acids is 2. The Morgan fingerprint density at radius 1 is 1.33 bits per heavy atom. The van der Waals surface area contributed by atoms with Crippen molar-refractivity contribution in [3.8, 4) is 5.75 Å². The van der Waals surface area contributed by atoms with Gasteiger partial charge in [0.25, 0.3) is 0 Å². The van der Waals surface area contributed by atoms with Gasteiger partial charge < -0.3 is 15.4 Å². The van der Waals surface area contributed by atoms with Crippen LogP contribution in [0.1, 0.15) is 27.7 Å². The summed E-state index contributed by atoms with van der Waals surface area (Å²) in [7, 11) is 3.24. The lowest BCUT2D eigenvalue weighted by atomic mass is 10.1. The molecule has 134 valence electrons. The van der Waals surface area contributed by atoms with Crippen molar-refractivity contribution in [3.05, 3.63) is 23.2 Å². The van der Waals surface area contributed by atoms with Crippen LogP contribution in [0.2, 0.25) is 5.02 Å². The van der Waals surface area contributed by atoms with Crippen LogP contribution >= 0.6 is 11.6 Å². The van der Waals surface area contributed by atoms with Crippen LogP contribution in [0.3, 0.4) is 0 Å². The van der Waals surface area contributed by atoms with Gasteiger partial charge in [-0.05, 0) is 52.9 Å². The second-order valence-corrected chi connectivity index (χ2v) is 7.16. The second kappa shape index (κ2) is 8.35. The fourth-order valence-corrected chi connectivity index (χ4v) is 2.21. The Balaban J connectivity index is 2.70. The summed E-state index contributed by atoms with van der Waals surface area (Å²) < 4.78 is 5.21. The van der Waals surface area contributed by atoms with Gasteiger partial charge in [-0.2, -0.15) is 0 Å². The van der Waals surface area contributed by atoms with Gasteiger partial charge in [-0.1, -0.05) is 11.6 Å². The molecule has 2 amide bonds. The van der Waals surface area contributed by atoms with E-state index in [9.17, 15) is 9.59 Å². The third kappa shape index (κ3) is 6.37. The number of rotatable bonds is 6. The van der Waals surface area contributed by atoms with Gasteiger partial charge in [0.1, 0.15) is 5.75 Å². The molecule has 0 aliphatic heterocycles. The molecule has 1 aromatic carbocycles. The van der Waals surface area contributed by atoms with Crippen LogP contribution in [0, 0.1) is 0 Å². The highest BCUT2D eigenvalue weighted by Crippen LogP contribution is 2.27. The van der Waals surface area contributed by atoms with Gasteiger partial charge >= 0.3 is 0 Å². The van der Waals surface area contributed by atoms with E-state index in [1.165, 1.54) is 7.11 Å². The van der Waals surface area contributed by atoms with E-state index >= 15 is 0 Å². The van der Waals surface area contributed by atoms with Crippen molar-refractivity contribution in [2.45, 2.75) is 39.3 Å². The summed E-state index contributed by atoms with van der Waals surface area (Å²) in [5, 5.41) is 6.15. The SMILES string of the molecule is COc1ccc(Cl)cc1NC(=O)[C@@H](C)N(C)CC(=O)NC(C)(C)C. The Bertz CT molecular complexity index is 599. The van der Waals surface area contributed by atoms with Crippen molar-refractivity contribution in [1.82, 2.24) is 10.2 Å². The van der Waals surface area contributed by atoms with Crippen molar-refractivity contribution in [2.24, 2.45) is 0 Å². The molecule has 24 heavy (non-hydrogen) atoms. The number of amides is 2. The van der Waals surface area contributed by atoms with Gasteiger partial charge in [-0.15, -0.1) is 0 Å². The normalized spacial score (nSPS) is 12.7. The number of likely N-dealkylation sites (N-methyl/N-ethyl adjacent to an activating group) is 1. The van der Waals surface area contributed by atoms with E-state index in [2.05, 4.69) is 10.6 Å². The Kier molecular flexibility index (Phi) is 7.05. The first kappa shape index (κ1) is 20.3. The van der Waals surface area contributed by atoms with Crippen LogP contribution in [0.25, 0.3) is 0 Å². The van der Waals surface area contributed by atoms with Crippen molar-refractivity contribution in [2.75, 3.05) is 26.0 Å². The fourth-order valence-electron chi connectivity index (χ4n) is 2.04. The number of benzene rings is 1. The summed E-state index contributed by atoms with van der Waals surface area (Å²) in [4.78, 5) is 26.1. The Morgan fingerprint density at radius 3 is 2.50 bits per heavy atom. The fraction of sp³-hybridized carbons (Fsp3) is 0.529. The number of hydrogen-bond acceptors (Lipinski definition) is 4. The largest absolute Gasteiger partial charge is 0.495 e. The van der Waals surface area contributed by atoms with Gasteiger partial charge in [-0.3, -0.25) is 14.5 Å². The molecule has 0 aliphatic carbocycles. The van der Waals surface area contributed by atoms with E-state index in [-0.39, 0.29) is 23.9 Å². The maximum absolute atomic E-state index is 12.4. The molecule has 7 heteroatoms. The lowest BCUT2D eigenvalue weighted by molar-refractivity contribution is -0.125. The second-order valence-electron chi connectivity index (χ2n) is 6.72. The minimum atomic E-state index is -0.501. The highest BCUT2D eigenvalue weighted by molar-refractivity contribution is 6.31. The van der Waals surface area contributed by atoms with E-state index in [1.807, 2.05) is 20.8 Å². The van der Waals surface area contributed by atoms with Gasteiger partial charge in [0.05, 0.1) is 25.4 Å². The molecule has 0 fully saturated rings. The molecule has 2 N–H and O–H groups in total. The molecule has 0 saturated carbocycles. The van der Waals surface area contributed by atoms with Crippen LogP contribution in [0.4, 0.5) is 5.69 Å². The van der Waals surface area contributed by atoms with Crippen LogP contribution in [0.15, 0.2) is 18.2 Å². The molecular formula is C17H26ClN3O3. The van der Waals surface area contributed by atoms with Crippen LogP contribution in [-0.2, 0) is 9.59 Å². The molecule has 0 unspecified atom stereocenters. The molecule has 1 atom stereocenters. The zero-order chi connectivity index (χ0) is 18.5. The Morgan fingerprint density at radius 2 is 1.96 bits per heavy atom. The average Bonchev–Trinajstić information content (AvgIpc) is 2.44. The first-order chi connectivity index (χ1) is 11.0. The predicted molar refractivity (Wildman–Crippen MR) is 96.6 cm³/mol. The van der Waals surface area contributed by atoms with Crippen molar-refractivity contribution in [1.29, 1.82) is 0 Å². The molecule has 1 rings (SSSR count). The molecule has 1 aromatic rings. The van der Waals surface area contributed by atoms with Gasteiger partial charge in [0, 0.05) is 10.6 Å². The average molecular weight is 356 g/mol. The van der Waals surface area contributed by atoms with Crippen molar-refractivity contribution in [3.63, 3.8) is 0 Å². The molecule has 0 saturated heterocycles. The van der Waals surface area contributed by atoms with Crippen LogP contribution in [-0.4, -0.2) is 49.0 Å². The molecule has 0 radical (unpaired) electrons. The van der Waals surface area contributed by atoms with Crippen molar-refractivity contribution < 1.29 is 14.3 Å². The molecule has 0 spiro atoms. The van der Waals surface area contributed by atoms with Gasteiger partial charge in [-0.25, -0.2) is 0 Å². The van der Waals surface area contributed by atoms with Crippen LogP contribution in [0.5, 0.6) is 5.75 Å². The molecule has 0 aromatic heterocycles. The van der Waals surface area contributed by atoms with E-state index in [0.29, 0.717) is 16.5 Å². The number of ether oxygens (including phenoxy) is 1. The minimum Gasteiger partial charge on any atom is -0.495 e. The minimum absolute atomic E-state index is 0.124. The quantitative estimate of drug-likeness (QED) is 0.822. The van der Waals surface area contributed by atoms with E-state index in [4.69, 9.17) is 16.3 Å². The number of anilines is 1. The number of nitrogens with one attached hydrogen (secondary N) is 2. The highest BCUT2D eigenvalue weighted by Gasteiger charge is 2.23. The topological polar surface area (TPSA) is 70.7 Å². The standard InChI is InChI=1S/C17H26ClN3O3/c1-11(21(5)10-15(22)20-17(2,3)4)16(23)19-13-9-12(18)7-8-14(13)24-6/h7-9,11H,10H2,1-6H3,(H,19,23)(H,20,22)/t11-/m1/s1. The first-order valence-corrected chi connectivity index (χ1v) is 8.07. The number of nitrogens with zero attached hydrogens (tertiary/aromatic N) is 1. The smallest absolute Gasteiger partial charge is 0.241 e. The Labute approximate surface area is 148 Å². The van der Waals surface area contributed by atoms with E-state index in [0.717, 1.165) is 0 Å². The molecule has 0 heterocycles. The molecular weight excluding hydrogens is 330 g/mol. The maximum atomic E-state index is 12.4. The summed E-state index contributed by atoms with van der Waals surface area (Å²) in [6.07, 6.45) is 0. The molecule has 6 nitrogen and oxygen atoms in total. The number of methoxy groups -OCH3 is 1. The van der Waals surface area contributed by atoms with Crippen molar-refractivity contribution >= 4 is 29.1 Å². The van der Waals surface area contributed by atoms with Crippen LogP contribution < -0.4 is 15.4 Å². The summed E-state index contributed by atoms with van der Waals surface area (Å²) in [5.41, 5.74) is 0.187. The molecule has 0 bridgehead atoms. The lowest BCUT2D eigenvalue weighted by Crippen LogP contribution is -2.49. The number of halogens is 1. The monoisotopic (exact) mass is 355 g/mol. The van der Waals surface area contributed by atoms with Gasteiger partial charge in [0.2, 0.25) is 11.8 Å². The molecule has 0 aliphatic rings. The first-order valence-electron chi connectivity index (χ1n) is 7.69. The number of carbonyl (C=O) groups is 2. The zero-order valence-corrected chi connectivity index (χ0v) is 15.8. The zero-order valence-electron chi connectivity index (χ0n) is 15.1. The summed E-state index contributed by atoms with van der Waals surface area (Å²) in [6.45, 7) is 7.58. The van der Waals surface area contributed by atoms with Gasteiger partial charge in [0.15, 0.2) is 0 Å². The summed E-state index contributed by atoms with van der Waals surface area (Å²) in [6, 6.07) is 4.49. The summed E-state index contributed by atoms with van der Waals surface area (Å²) in [5.74, 6) is 0.139. The maximum Gasteiger partial charge on any atom is 0.241 e. The van der Waals surface area contributed by atoms with E-state index in [1.54, 1.807) is 37.1 Å². The lowest BCUT2D eigenvalue weighted by Gasteiger charge is -2.26. The predicted octanol–water partition coefficient (Wildman–Crippen LogP) is 2.52. The summed E-state index contributed by atoms with van der Waals surface area (Å²) >= 11 is 5.96. The highest BCUT2D eigenvalue weighted by atomic mass is 35.5. The number of hydrogen-bond donors (Lipinski definition) is 2. The third-order valence-electron chi connectivity index (χ3n) is 3.37.